The van der Waals surface area contributed by atoms with Crippen LogP contribution >= 0.6 is 0 Å². The Morgan fingerprint density at radius 2 is 1.95 bits per heavy atom. The van der Waals surface area contributed by atoms with E-state index in [-0.39, 0.29) is 5.82 Å². The van der Waals surface area contributed by atoms with E-state index in [4.69, 9.17) is 5.73 Å². The molecule has 0 aliphatic heterocycles. The Balaban J connectivity index is 2.10. The van der Waals surface area contributed by atoms with Crippen LogP contribution in [0, 0.1) is 12.7 Å². The van der Waals surface area contributed by atoms with Crippen molar-refractivity contribution in [2.24, 2.45) is 0 Å². The number of rotatable bonds is 2. The number of nitrogens with one attached hydrogen (secondary N) is 2. The number of H-pyrrole nitrogens is 1. The minimum absolute atomic E-state index is 0.311. The number of aromatic amines is 1. The Morgan fingerprint density at radius 3 is 2.79 bits per heavy atom. The van der Waals surface area contributed by atoms with Gasteiger partial charge < -0.3 is 16.0 Å². The number of benzene rings is 2. The van der Waals surface area contributed by atoms with Crippen molar-refractivity contribution in [3.63, 3.8) is 0 Å². The first kappa shape index (κ1) is 11.6. The fourth-order valence-corrected chi connectivity index (χ4v) is 2.21. The van der Waals surface area contributed by atoms with Crippen LogP contribution in [0.2, 0.25) is 0 Å². The van der Waals surface area contributed by atoms with E-state index in [0.29, 0.717) is 11.4 Å². The molecule has 3 aromatic rings. The highest BCUT2D eigenvalue weighted by molar-refractivity contribution is 5.96. The third kappa shape index (κ3) is 2.01. The number of anilines is 3. The average molecular weight is 255 g/mol. The molecule has 1 aromatic heterocycles. The van der Waals surface area contributed by atoms with Crippen LogP contribution in [0.4, 0.5) is 21.5 Å². The first-order valence-electron chi connectivity index (χ1n) is 6.04. The second-order valence-electron chi connectivity index (χ2n) is 4.53. The van der Waals surface area contributed by atoms with Crippen LogP contribution in [0.5, 0.6) is 0 Å². The van der Waals surface area contributed by atoms with Crippen LogP contribution in [-0.4, -0.2) is 4.98 Å². The number of aromatic nitrogens is 1. The van der Waals surface area contributed by atoms with Gasteiger partial charge in [-0.1, -0.05) is 18.2 Å². The molecule has 4 heteroatoms. The van der Waals surface area contributed by atoms with Crippen LogP contribution in [-0.2, 0) is 0 Å². The molecule has 0 aliphatic rings. The zero-order chi connectivity index (χ0) is 13.4. The van der Waals surface area contributed by atoms with Crippen molar-refractivity contribution in [3.8, 4) is 0 Å². The standard InChI is InChI=1S/C15H14FN3/c1-9-15(11-4-2-3-5-13(11)18-9)19-14-8-10(16)6-7-12(14)17/h2-8,18-19H,17H2,1H3. The Bertz CT molecular complexity index is 746. The van der Waals surface area contributed by atoms with Gasteiger partial charge in [-0.25, -0.2) is 4.39 Å². The van der Waals surface area contributed by atoms with Gasteiger partial charge >= 0.3 is 0 Å². The molecule has 0 radical (unpaired) electrons. The molecule has 0 aliphatic carbocycles. The predicted molar refractivity (Wildman–Crippen MR) is 77.1 cm³/mol. The highest BCUT2D eigenvalue weighted by Crippen LogP contribution is 2.32. The zero-order valence-electron chi connectivity index (χ0n) is 10.5. The van der Waals surface area contributed by atoms with Gasteiger partial charge in [-0.15, -0.1) is 0 Å². The second-order valence-corrected chi connectivity index (χ2v) is 4.53. The lowest BCUT2D eigenvalue weighted by Crippen LogP contribution is -1.97. The topological polar surface area (TPSA) is 53.8 Å². The molecular weight excluding hydrogens is 241 g/mol. The van der Waals surface area contributed by atoms with Crippen molar-refractivity contribution in [2.75, 3.05) is 11.1 Å². The largest absolute Gasteiger partial charge is 0.397 e. The van der Waals surface area contributed by atoms with E-state index in [1.165, 1.54) is 12.1 Å². The van der Waals surface area contributed by atoms with E-state index >= 15 is 0 Å². The maximum atomic E-state index is 13.3. The first-order valence-corrected chi connectivity index (χ1v) is 6.04. The third-order valence-electron chi connectivity index (χ3n) is 3.17. The van der Waals surface area contributed by atoms with Gasteiger partial charge in [-0.2, -0.15) is 0 Å². The molecule has 1 heterocycles. The normalized spacial score (nSPS) is 10.8. The molecule has 0 saturated heterocycles. The van der Waals surface area contributed by atoms with Crippen molar-refractivity contribution >= 4 is 28.0 Å². The quantitative estimate of drug-likeness (QED) is 0.607. The van der Waals surface area contributed by atoms with Crippen LogP contribution in [0.25, 0.3) is 10.9 Å². The number of nitrogens with two attached hydrogens (primary N) is 1. The Labute approximate surface area is 110 Å². The van der Waals surface area contributed by atoms with Crippen molar-refractivity contribution < 1.29 is 4.39 Å². The van der Waals surface area contributed by atoms with E-state index in [2.05, 4.69) is 10.3 Å². The lowest BCUT2D eigenvalue weighted by molar-refractivity contribution is 0.628. The van der Waals surface area contributed by atoms with Gasteiger partial charge in [-0.05, 0) is 31.2 Å². The van der Waals surface area contributed by atoms with E-state index in [9.17, 15) is 4.39 Å². The maximum absolute atomic E-state index is 13.3. The fourth-order valence-electron chi connectivity index (χ4n) is 2.21. The van der Waals surface area contributed by atoms with E-state index in [1.807, 2.05) is 31.2 Å². The van der Waals surface area contributed by atoms with Crippen LogP contribution in [0.3, 0.4) is 0 Å². The second kappa shape index (κ2) is 4.31. The maximum Gasteiger partial charge on any atom is 0.125 e. The summed E-state index contributed by atoms with van der Waals surface area (Å²) < 4.78 is 13.3. The monoisotopic (exact) mass is 255 g/mol. The number of hydrogen-bond donors (Lipinski definition) is 3. The molecule has 0 atom stereocenters. The van der Waals surface area contributed by atoms with Crippen molar-refractivity contribution in [1.82, 2.24) is 4.98 Å². The van der Waals surface area contributed by atoms with Gasteiger partial charge in [0, 0.05) is 16.6 Å². The molecule has 0 bridgehead atoms. The van der Waals surface area contributed by atoms with Gasteiger partial charge in [0.05, 0.1) is 17.1 Å². The summed E-state index contributed by atoms with van der Waals surface area (Å²) >= 11 is 0. The molecule has 2 aromatic carbocycles. The number of fused-ring (bicyclic) bond motifs is 1. The highest BCUT2D eigenvalue weighted by atomic mass is 19.1. The summed E-state index contributed by atoms with van der Waals surface area (Å²) in [5.74, 6) is -0.311. The number of para-hydroxylation sites is 1. The molecular formula is C15H14FN3. The molecule has 0 saturated carbocycles. The Hall–Kier alpha value is -2.49. The molecule has 0 fully saturated rings. The molecule has 4 N–H and O–H groups in total. The SMILES string of the molecule is Cc1[nH]c2ccccc2c1Nc1cc(F)ccc1N. The van der Waals surface area contributed by atoms with Gasteiger partial charge in [0.25, 0.3) is 0 Å². The molecule has 0 spiro atoms. The third-order valence-corrected chi connectivity index (χ3v) is 3.17. The van der Waals surface area contributed by atoms with E-state index in [1.54, 1.807) is 6.07 Å². The number of nitrogen functional groups attached to an aromatic ring is 1. The van der Waals surface area contributed by atoms with Gasteiger partial charge in [-0.3, -0.25) is 0 Å². The minimum Gasteiger partial charge on any atom is -0.397 e. The smallest absolute Gasteiger partial charge is 0.125 e. The molecule has 96 valence electrons. The molecule has 19 heavy (non-hydrogen) atoms. The Morgan fingerprint density at radius 1 is 1.16 bits per heavy atom. The van der Waals surface area contributed by atoms with Gasteiger partial charge in [0.15, 0.2) is 0 Å². The van der Waals surface area contributed by atoms with Crippen molar-refractivity contribution in [1.29, 1.82) is 0 Å². The molecule has 0 unspecified atom stereocenters. The predicted octanol–water partition coefficient (Wildman–Crippen LogP) is 3.94. The van der Waals surface area contributed by atoms with Crippen molar-refractivity contribution in [2.45, 2.75) is 6.92 Å². The summed E-state index contributed by atoms with van der Waals surface area (Å²) in [5.41, 5.74) is 9.91. The summed E-state index contributed by atoms with van der Waals surface area (Å²) in [7, 11) is 0. The van der Waals surface area contributed by atoms with E-state index < -0.39 is 0 Å². The zero-order valence-corrected chi connectivity index (χ0v) is 10.5. The highest BCUT2D eigenvalue weighted by Gasteiger charge is 2.09. The van der Waals surface area contributed by atoms with Crippen LogP contribution in [0.1, 0.15) is 5.69 Å². The number of hydrogen-bond acceptors (Lipinski definition) is 2. The molecule has 3 rings (SSSR count). The average Bonchev–Trinajstić information content (AvgIpc) is 2.71. The van der Waals surface area contributed by atoms with E-state index in [0.717, 1.165) is 22.3 Å². The summed E-state index contributed by atoms with van der Waals surface area (Å²) in [6.45, 7) is 1.97. The molecule has 3 nitrogen and oxygen atoms in total. The first-order chi connectivity index (χ1) is 9.15. The van der Waals surface area contributed by atoms with Gasteiger partial charge in [0.2, 0.25) is 0 Å². The fraction of sp³-hybridized carbons (Fsp3) is 0.0667. The lowest BCUT2D eigenvalue weighted by atomic mass is 10.2. The summed E-state index contributed by atoms with van der Waals surface area (Å²) in [6, 6.07) is 12.3. The van der Waals surface area contributed by atoms with Crippen LogP contribution < -0.4 is 11.1 Å². The summed E-state index contributed by atoms with van der Waals surface area (Å²) in [5, 5.41) is 4.27. The van der Waals surface area contributed by atoms with Gasteiger partial charge in [0.1, 0.15) is 5.82 Å². The van der Waals surface area contributed by atoms with Crippen LogP contribution in [0.15, 0.2) is 42.5 Å². The Kier molecular flexibility index (Phi) is 2.63. The van der Waals surface area contributed by atoms with Crippen molar-refractivity contribution in [3.05, 3.63) is 54.0 Å². The molecule has 0 amide bonds. The lowest BCUT2D eigenvalue weighted by Gasteiger charge is -2.09. The number of aryl methyl sites for hydroxylation is 1. The summed E-state index contributed by atoms with van der Waals surface area (Å²) in [4.78, 5) is 3.28. The number of halogens is 1. The minimum atomic E-state index is -0.311. The summed E-state index contributed by atoms with van der Waals surface area (Å²) in [6.07, 6.45) is 0.